The molecule has 1 atom stereocenters. The fourth-order valence-corrected chi connectivity index (χ4v) is 3.07. The van der Waals surface area contributed by atoms with Crippen LogP contribution in [-0.4, -0.2) is 39.1 Å². The molecule has 0 saturated heterocycles. The maximum Gasteiger partial charge on any atom is 0.272 e. The van der Waals surface area contributed by atoms with Gasteiger partial charge in [0, 0.05) is 37.0 Å². The van der Waals surface area contributed by atoms with Gasteiger partial charge in [0.05, 0.1) is 11.3 Å². The zero-order chi connectivity index (χ0) is 20.3. The molecular weight excluding hydrogens is 352 g/mol. The molecule has 0 fully saturated rings. The Morgan fingerprint density at radius 2 is 1.86 bits per heavy atom. The molecule has 0 saturated carbocycles. The van der Waals surface area contributed by atoms with Crippen molar-refractivity contribution in [1.82, 2.24) is 20.1 Å². The number of nitrogens with zero attached hydrogens (tertiary/aromatic N) is 3. The van der Waals surface area contributed by atoms with Crippen LogP contribution in [0.4, 0.5) is 0 Å². The fraction of sp³-hybridized carbons (Fsp3) is 0.273. The third-order valence-electron chi connectivity index (χ3n) is 4.83. The van der Waals surface area contributed by atoms with Crippen molar-refractivity contribution in [3.05, 3.63) is 81.5 Å². The molecule has 2 aromatic heterocycles. The lowest BCUT2D eigenvalue weighted by Gasteiger charge is -2.25. The van der Waals surface area contributed by atoms with Gasteiger partial charge in [-0.05, 0) is 62.2 Å². The highest BCUT2D eigenvalue weighted by Crippen LogP contribution is 2.18. The molecule has 0 aliphatic carbocycles. The second-order valence-electron chi connectivity index (χ2n) is 7.12. The molecule has 1 amide bonds. The molecule has 0 aliphatic rings. The summed E-state index contributed by atoms with van der Waals surface area (Å²) >= 11 is 0. The smallest absolute Gasteiger partial charge is 0.272 e. The number of carbonyl (C=O) groups excluding carboxylic acids is 1. The molecule has 6 heteroatoms. The summed E-state index contributed by atoms with van der Waals surface area (Å²) < 4.78 is 0. The van der Waals surface area contributed by atoms with Crippen LogP contribution in [0.1, 0.15) is 34.2 Å². The molecule has 0 bridgehead atoms. The van der Waals surface area contributed by atoms with Crippen molar-refractivity contribution >= 4 is 5.91 Å². The minimum atomic E-state index is -0.249. The van der Waals surface area contributed by atoms with Gasteiger partial charge in [-0.15, -0.1) is 0 Å². The average Bonchev–Trinajstić information content (AvgIpc) is 2.69. The van der Waals surface area contributed by atoms with Gasteiger partial charge in [0.1, 0.15) is 0 Å². The van der Waals surface area contributed by atoms with Gasteiger partial charge in [-0.2, -0.15) is 5.10 Å². The number of likely N-dealkylation sites (N-methyl/N-ethyl adjacent to an activating group) is 1. The third-order valence-corrected chi connectivity index (χ3v) is 4.83. The monoisotopic (exact) mass is 376 g/mol. The second-order valence-corrected chi connectivity index (χ2v) is 7.12. The molecule has 0 aliphatic heterocycles. The predicted octanol–water partition coefficient (Wildman–Crippen LogP) is 3.15. The quantitative estimate of drug-likeness (QED) is 0.742. The SMILES string of the molecule is Cc1ccnc(C[C@@H](C)N(C)C(=O)c2ccc(-c3cc(C)n[nH]c3=O)cc2)c1. The summed E-state index contributed by atoms with van der Waals surface area (Å²) in [6.45, 7) is 5.86. The molecule has 1 N–H and O–H groups in total. The van der Waals surface area contributed by atoms with Crippen LogP contribution in [0.3, 0.4) is 0 Å². The highest BCUT2D eigenvalue weighted by molar-refractivity contribution is 5.94. The number of hydrogen-bond donors (Lipinski definition) is 1. The van der Waals surface area contributed by atoms with Crippen LogP contribution in [0.15, 0.2) is 53.5 Å². The Morgan fingerprint density at radius 1 is 1.14 bits per heavy atom. The van der Waals surface area contributed by atoms with Gasteiger partial charge in [-0.25, -0.2) is 5.10 Å². The second kappa shape index (κ2) is 8.17. The first-order valence-corrected chi connectivity index (χ1v) is 9.20. The lowest BCUT2D eigenvalue weighted by Crippen LogP contribution is -2.36. The van der Waals surface area contributed by atoms with Crippen molar-refractivity contribution < 1.29 is 4.79 Å². The number of carbonyl (C=O) groups is 1. The van der Waals surface area contributed by atoms with Gasteiger partial charge in [-0.1, -0.05) is 12.1 Å². The summed E-state index contributed by atoms with van der Waals surface area (Å²) in [6.07, 6.45) is 2.48. The Kier molecular flexibility index (Phi) is 5.68. The van der Waals surface area contributed by atoms with Crippen molar-refractivity contribution in [2.24, 2.45) is 0 Å². The number of nitrogens with one attached hydrogen (secondary N) is 1. The first kappa shape index (κ1) is 19.5. The number of H-pyrrole nitrogens is 1. The maximum absolute atomic E-state index is 12.8. The molecule has 0 unspecified atom stereocenters. The summed E-state index contributed by atoms with van der Waals surface area (Å²) in [5, 5.41) is 6.37. The zero-order valence-corrected chi connectivity index (χ0v) is 16.6. The standard InChI is InChI=1S/C22H24N4O2/c1-14-9-10-23-19(11-14)13-16(3)26(4)22(28)18-7-5-17(6-8-18)20-12-15(2)24-25-21(20)27/h5-12,16H,13H2,1-4H3,(H,25,27)/t16-/m1/s1. The van der Waals surface area contributed by atoms with E-state index in [0.29, 0.717) is 17.5 Å². The summed E-state index contributed by atoms with van der Waals surface area (Å²) in [7, 11) is 1.80. The molecule has 1 aromatic carbocycles. The predicted molar refractivity (Wildman–Crippen MR) is 109 cm³/mol. The number of aromatic nitrogens is 3. The molecular formula is C22H24N4O2. The number of hydrogen-bond acceptors (Lipinski definition) is 4. The normalized spacial score (nSPS) is 11.9. The third kappa shape index (κ3) is 4.34. The van der Waals surface area contributed by atoms with Gasteiger partial charge in [-0.3, -0.25) is 14.6 Å². The van der Waals surface area contributed by atoms with E-state index >= 15 is 0 Å². The zero-order valence-electron chi connectivity index (χ0n) is 16.6. The number of pyridine rings is 1. The molecule has 6 nitrogen and oxygen atoms in total. The Bertz CT molecular complexity index is 1040. The molecule has 2 heterocycles. The Morgan fingerprint density at radius 3 is 2.54 bits per heavy atom. The van der Waals surface area contributed by atoms with Gasteiger partial charge in [0.2, 0.25) is 0 Å². The van der Waals surface area contributed by atoms with Crippen LogP contribution in [-0.2, 0) is 6.42 Å². The summed E-state index contributed by atoms with van der Waals surface area (Å²) in [5.41, 5.74) is 4.48. The van der Waals surface area contributed by atoms with E-state index in [9.17, 15) is 9.59 Å². The van der Waals surface area contributed by atoms with E-state index in [-0.39, 0.29) is 17.5 Å². The first-order valence-electron chi connectivity index (χ1n) is 9.20. The summed E-state index contributed by atoms with van der Waals surface area (Å²) in [4.78, 5) is 30.9. The summed E-state index contributed by atoms with van der Waals surface area (Å²) in [5.74, 6) is -0.0634. The molecule has 3 aromatic rings. The van der Waals surface area contributed by atoms with Crippen LogP contribution in [0.25, 0.3) is 11.1 Å². The summed E-state index contributed by atoms with van der Waals surface area (Å²) in [6, 6.07) is 12.8. The van der Waals surface area contributed by atoms with Crippen molar-refractivity contribution in [2.45, 2.75) is 33.2 Å². The highest BCUT2D eigenvalue weighted by atomic mass is 16.2. The Labute approximate surface area is 164 Å². The molecule has 144 valence electrons. The average molecular weight is 376 g/mol. The van der Waals surface area contributed by atoms with Crippen LogP contribution >= 0.6 is 0 Å². The number of benzene rings is 1. The highest BCUT2D eigenvalue weighted by Gasteiger charge is 2.18. The van der Waals surface area contributed by atoms with E-state index in [1.54, 1.807) is 48.5 Å². The Hall–Kier alpha value is -3.28. The van der Waals surface area contributed by atoms with Crippen molar-refractivity contribution in [1.29, 1.82) is 0 Å². The van der Waals surface area contributed by atoms with Crippen LogP contribution in [0, 0.1) is 13.8 Å². The van der Waals surface area contributed by atoms with Crippen molar-refractivity contribution in [2.75, 3.05) is 7.05 Å². The van der Waals surface area contributed by atoms with Crippen LogP contribution in [0.5, 0.6) is 0 Å². The first-order chi connectivity index (χ1) is 13.3. The molecule has 3 rings (SSSR count). The Balaban J connectivity index is 1.74. The van der Waals surface area contributed by atoms with Gasteiger partial charge in [0.25, 0.3) is 11.5 Å². The molecule has 0 radical (unpaired) electrons. The van der Waals surface area contributed by atoms with Crippen molar-refractivity contribution in [3.8, 4) is 11.1 Å². The van der Waals surface area contributed by atoms with E-state index < -0.39 is 0 Å². The van der Waals surface area contributed by atoms with E-state index in [1.165, 1.54) is 0 Å². The van der Waals surface area contributed by atoms with Crippen molar-refractivity contribution in [3.63, 3.8) is 0 Å². The van der Waals surface area contributed by atoms with Crippen LogP contribution in [0.2, 0.25) is 0 Å². The minimum absolute atomic E-state index is 0.00664. The maximum atomic E-state index is 12.8. The molecule has 0 spiro atoms. The van der Waals surface area contributed by atoms with E-state index in [1.807, 2.05) is 32.9 Å². The molecule has 28 heavy (non-hydrogen) atoms. The largest absolute Gasteiger partial charge is 0.339 e. The van der Waals surface area contributed by atoms with E-state index in [2.05, 4.69) is 15.2 Å². The minimum Gasteiger partial charge on any atom is -0.339 e. The number of aryl methyl sites for hydroxylation is 2. The van der Waals surface area contributed by atoms with Gasteiger partial charge in [0.15, 0.2) is 0 Å². The topological polar surface area (TPSA) is 79.0 Å². The number of aromatic amines is 1. The van der Waals surface area contributed by atoms with Gasteiger partial charge >= 0.3 is 0 Å². The van der Waals surface area contributed by atoms with E-state index in [4.69, 9.17) is 0 Å². The number of rotatable bonds is 5. The number of amides is 1. The van der Waals surface area contributed by atoms with Gasteiger partial charge < -0.3 is 4.90 Å². The van der Waals surface area contributed by atoms with E-state index in [0.717, 1.165) is 22.5 Å². The lowest BCUT2D eigenvalue weighted by molar-refractivity contribution is 0.0743. The van der Waals surface area contributed by atoms with Crippen LogP contribution < -0.4 is 5.56 Å². The lowest BCUT2D eigenvalue weighted by atomic mass is 10.0. The fourth-order valence-electron chi connectivity index (χ4n) is 3.07.